The van der Waals surface area contributed by atoms with E-state index in [4.69, 9.17) is 4.74 Å². The number of benzene rings is 1. The van der Waals surface area contributed by atoms with Gasteiger partial charge in [-0.25, -0.2) is 19.4 Å². The molecular formula is C19H17N5O3. The van der Waals surface area contributed by atoms with E-state index in [0.717, 1.165) is 5.56 Å². The minimum atomic E-state index is -0.393. The Morgan fingerprint density at radius 3 is 2.74 bits per heavy atom. The monoisotopic (exact) mass is 363 g/mol. The zero-order chi connectivity index (χ0) is 19.1. The largest absolute Gasteiger partial charge is 0.463 e. The molecule has 0 saturated heterocycles. The lowest BCUT2D eigenvalue weighted by molar-refractivity contribution is -0.137. The highest BCUT2D eigenvalue weighted by atomic mass is 16.5. The van der Waals surface area contributed by atoms with Crippen LogP contribution < -0.4 is 5.32 Å². The smallest absolute Gasteiger partial charge is 0.330 e. The second-order valence-electron chi connectivity index (χ2n) is 5.40. The number of hydrogen-bond acceptors (Lipinski definition) is 6. The Morgan fingerprint density at radius 1 is 1.22 bits per heavy atom. The molecule has 0 saturated carbocycles. The number of amides is 1. The number of hydrogen-bond donors (Lipinski definition) is 1. The quantitative estimate of drug-likeness (QED) is 0.534. The molecule has 0 bridgehead atoms. The molecule has 1 amide bonds. The summed E-state index contributed by atoms with van der Waals surface area (Å²) in [7, 11) is 0. The van der Waals surface area contributed by atoms with Crippen molar-refractivity contribution in [1.82, 2.24) is 19.7 Å². The summed E-state index contributed by atoms with van der Waals surface area (Å²) < 4.78 is 6.30. The first-order valence-corrected chi connectivity index (χ1v) is 8.23. The second-order valence-corrected chi connectivity index (χ2v) is 5.40. The summed E-state index contributed by atoms with van der Waals surface area (Å²) in [5, 5.41) is 6.81. The molecule has 0 fully saturated rings. The van der Waals surface area contributed by atoms with Crippen molar-refractivity contribution in [3.8, 4) is 5.82 Å². The van der Waals surface area contributed by atoms with Crippen molar-refractivity contribution in [3.63, 3.8) is 0 Å². The summed E-state index contributed by atoms with van der Waals surface area (Å²) in [4.78, 5) is 31.8. The van der Waals surface area contributed by atoms with E-state index in [1.165, 1.54) is 29.6 Å². The fourth-order valence-corrected chi connectivity index (χ4v) is 2.25. The number of anilines is 1. The summed E-state index contributed by atoms with van der Waals surface area (Å²) in [6, 6.07) is 10.3. The lowest BCUT2D eigenvalue weighted by Gasteiger charge is -2.07. The maximum atomic E-state index is 12.4. The minimum Gasteiger partial charge on any atom is -0.463 e. The van der Waals surface area contributed by atoms with Crippen molar-refractivity contribution in [2.45, 2.75) is 6.92 Å². The molecule has 2 heterocycles. The first-order valence-electron chi connectivity index (χ1n) is 8.23. The normalized spacial score (nSPS) is 10.7. The van der Waals surface area contributed by atoms with Crippen LogP contribution in [-0.4, -0.2) is 38.2 Å². The number of carbonyl (C=O) groups is 2. The van der Waals surface area contributed by atoms with Gasteiger partial charge in [0.05, 0.1) is 6.61 Å². The fourth-order valence-electron chi connectivity index (χ4n) is 2.25. The summed E-state index contributed by atoms with van der Waals surface area (Å²) in [5.74, 6) is -0.163. The van der Waals surface area contributed by atoms with Gasteiger partial charge in [-0.1, -0.05) is 12.1 Å². The molecule has 1 N–H and O–H groups in total. The van der Waals surface area contributed by atoms with E-state index in [-0.39, 0.29) is 5.91 Å². The number of rotatable bonds is 6. The molecule has 0 spiro atoms. The van der Waals surface area contributed by atoms with Gasteiger partial charge in [-0.15, -0.1) is 0 Å². The van der Waals surface area contributed by atoms with Crippen molar-refractivity contribution < 1.29 is 14.3 Å². The Kier molecular flexibility index (Phi) is 5.68. The summed E-state index contributed by atoms with van der Waals surface area (Å²) >= 11 is 0. The topological polar surface area (TPSA) is 99.0 Å². The van der Waals surface area contributed by atoms with E-state index >= 15 is 0 Å². The van der Waals surface area contributed by atoms with Crippen LogP contribution in [0.5, 0.6) is 0 Å². The summed E-state index contributed by atoms with van der Waals surface area (Å²) in [6.07, 6.45) is 7.45. The van der Waals surface area contributed by atoms with Crippen molar-refractivity contribution >= 4 is 23.6 Å². The van der Waals surface area contributed by atoms with Gasteiger partial charge in [-0.2, -0.15) is 5.10 Å². The molecule has 8 nitrogen and oxygen atoms in total. The molecule has 0 radical (unpaired) electrons. The highest BCUT2D eigenvalue weighted by molar-refractivity contribution is 6.04. The number of esters is 1. The highest BCUT2D eigenvalue weighted by Crippen LogP contribution is 2.13. The Bertz CT molecular complexity index is 950. The van der Waals surface area contributed by atoms with Crippen LogP contribution in [0.1, 0.15) is 22.8 Å². The van der Waals surface area contributed by atoms with Crippen molar-refractivity contribution in [1.29, 1.82) is 0 Å². The lowest BCUT2D eigenvalue weighted by atomic mass is 10.2. The van der Waals surface area contributed by atoms with Crippen LogP contribution in [0.15, 0.2) is 61.3 Å². The van der Waals surface area contributed by atoms with Gasteiger partial charge in [-0.05, 0) is 42.8 Å². The molecule has 2 aromatic heterocycles. The molecule has 27 heavy (non-hydrogen) atoms. The molecule has 0 aliphatic rings. The number of aromatic nitrogens is 4. The lowest BCUT2D eigenvalue weighted by Crippen LogP contribution is -2.13. The molecule has 0 aliphatic carbocycles. The Labute approximate surface area is 155 Å². The number of pyridine rings is 1. The van der Waals surface area contributed by atoms with Crippen LogP contribution in [0.4, 0.5) is 5.69 Å². The predicted molar refractivity (Wildman–Crippen MR) is 99.2 cm³/mol. The third kappa shape index (κ3) is 4.85. The summed E-state index contributed by atoms with van der Waals surface area (Å²) in [5.41, 5.74) is 1.90. The van der Waals surface area contributed by atoms with Crippen molar-refractivity contribution in [2.24, 2.45) is 0 Å². The first-order chi connectivity index (χ1) is 13.2. The Morgan fingerprint density at radius 2 is 2.04 bits per heavy atom. The SMILES string of the molecule is CCOC(=O)/C=C/c1ccc(NC(=O)c2ccnc(-n3cncn3)c2)cc1. The van der Waals surface area contributed by atoms with E-state index in [2.05, 4.69) is 20.4 Å². The Hall–Kier alpha value is -3.81. The van der Waals surface area contributed by atoms with Crippen LogP contribution in [0, 0.1) is 0 Å². The van der Waals surface area contributed by atoms with Crippen LogP contribution in [-0.2, 0) is 9.53 Å². The van der Waals surface area contributed by atoms with E-state index in [1.54, 1.807) is 49.4 Å². The van der Waals surface area contributed by atoms with Crippen LogP contribution >= 0.6 is 0 Å². The average Bonchev–Trinajstić information content (AvgIpc) is 3.23. The molecule has 0 unspecified atom stereocenters. The van der Waals surface area contributed by atoms with E-state index in [9.17, 15) is 9.59 Å². The number of ether oxygens (including phenoxy) is 1. The second kappa shape index (κ2) is 8.52. The number of carbonyl (C=O) groups excluding carboxylic acids is 2. The van der Waals surface area contributed by atoms with Gasteiger partial charge >= 0.3 is 5.97 Å². The molecule has 0 atom stereocenters. The Balaban J connectivity index is 1.66. The van der Waals surface area contributed by atoms with E-state index < -0.39 is 5.97 Å². The molecule has 3 rings (SSSR count). The van der Waals surface area contributed by atoms with E-state index in [1.807, 2.05) is 0 Å². The van der Waals surface area contributed by atoms with Gasteiger partial charge in [0.25, 0.3) is 5.91 Å². The van der Waals surface area contributed by atoms with Crippen LogP contribution in [0.3, 0.4) is 0 Å². The van der Waals surface area contributed by atoms with Gasteiger partial charge in [0, 0.05) is 23.5 Å². The van der Waals surface area contributed by atoms with Gasteiger partial charge in [0.1, 0.15) is 12.7 Å². The third-order valence-electron chi connectivity index (χ3n) is 3.53. The van der Waals surface area contributed by atoms with E-state index in [0.29, 0.717) is 23.7 Å². The van der Waals surface area contributed by atoms with Gasteiger partial charge < -0.3 is 10.1 Å². The summed E-state index contributed by atoms with van der Waals surface area (Å²) in [6.45, 7) is 2.09. The minimum absolute atomic E-state index is 0.270. The maximum absolute atomic E-state index is 12.4. The third-order valence-corrected chi connectivity index (χ3v) is 3.53. The molecule has 8 heteroatoms. The highest BCUT2D eigenvalue weighted by Gasteiger charge is 2.09. The number of nitrogens with one attached hydrogen (secondary N) is 1. The van der Waals surface area contributed by atoms with Gasteiger partial charge in [0.2, 0.25) is 0 Å². The molecule has 3 aromatic rings. The first kappa shape index (κ1) is 18.0. The number of nitrogens with zero attached hydrogens (tertiary/aromatic N) is 4. The van der Waals surface area contributed by atoms with Crippen molar-refractivity contribution in [2.75, 3.05) is 11.9 Å². The fraction of sp³-hybridized carbons (Fsp3) is 0.105. The van der Waals surface area contributed by atoms with Gasteiger partial charge in [-0.3, -0.25) is 4.79 Å². The molecular weight excluding hydrogens is 346 g/mol. The zero-order valence-electron chi connectivity index (χ0n) is 14.6. The molecule has 0 aliphatic heterocycles. The van der Waals surface area contributed by atoms with Crippen LogP contribution in [0.2, 0.25) is 0 Å². The van der Waals surface area contributed by atoms with Gasteiger partial charge in [0.15, 0.2) is 5.82 Å². The molecule has 136 valence electrons. The molecule has 1 aromatic carbocycles. The predicted octanol–water partition coefficient (Wildman–Crippen LogP) is 2.49. The average molecular weight is 363 g/mol. The maximum Gasteiger partial charge on any atom is 0.330 e. The van der Waals surface area contributed by atoms with Crippen molar-refractivity contribution in [3.05, 3.63) is 72.5 Å². The standard InChI is InChI=1S/C19H17N5O3/c1-2-27-18(25)8-5-14-3-6-16(7-4-14)23-19(26)15-9-10-21-17(11-15)24-13-20-12-22-24/h3-13H,2H2,1H3,(H,23,26)/b8-5+. The zero-order valence-corrected chi connectivity index (χ0v) is 14.6. The van der Waals surface area contributed by atoms with Crippen LogP contribution in [0.25, 0.3) is 11.9 Å².